The summed E-state index contributed by atoms with van der Waals surface area (Å²) in [6.07, 6.45) is 0.523. The first kappa shape index (κ1) is 20.4. The number of thiazole rings is 1. The van der Waals surface area contributed by atoms with E-state index in [9.17, 15) is 4.79 Å². The highest BCUT2D eigenvalue weighted by molar-refractivity contribution is 7.18. The molecule has 160 valence electrons. The SMILES string of the molecule is C[C@H](NC(=O)[C@@](C)(Cc1nc2ccccc2s1)c1ccccc1)c1nc2ccccc2[nH]1. The number of para-hydroxylation sites is 3. The third-order valence-electron chi connectivity index (χ3n) is 5.92. The van der Waals surface area contributed by atoms with Crippen LogP contribution in [0, 0.1) is 0 Å². The average molecular weight is 441 g/mol. The molecule has 1 amide bonds. The highest BCUT2D eigenvalue weighted by atomic mass is 32.1. The van der Waals surface area contributed by atoms with Crippen molar-refractivity contribution in [2.45, 2.75) is 31.7 Å². The number of aromatic nitrogens is 3. The van der Waals surface area contributed by atoms with Gasteiger partial charge in [0.05, 0.1) is 37.7 Å². The van der Waals surface area contributed by atoms with Gasteiger partial charge in [-0.15, -0.1) is 11.3 Å². The van der Waals surface area contributed by atoms with Crippen LogP contribution in [-0.4, -0.2) is 20.9 Å². The van der Waals surface area contributed by atoms with Crippen molar-refractivity contribution >= 4 is 38.5 Å². The van der Waals surface area contributed by atoms with E-state index in [4.69, 9.17) is 4.98 Å². The lowest BCUT2D eigenvalue weighted by molar-refractivity contribution is -0.127. The summed E-state index contributed by atoms with van der Waals surface area (Å²) < 4.78 is 1.13. The fraction of sp³-hybridized carbons (Fsp3) is 0.192. The first-order valence-corrected chi connectivity index (χ1v) is 11.5. The molecule has 5 aromatic rings. The van der Waals surface area contributed by atoms with Crippen molar-refractivity contribution in [3.05, 3.63) is 95.3 Å². The van der Waals surface area contributed by atoms with E-state index in [-0.39, 0.29) is 11.9 Å². The summed E-state index contributed by atoms with van der Waals surface area (Å²) in [7, 11) is 0. The predicted octanol–water partition coefficient (Wildman–Crippen LogP) is 5.55. The van der Waals surface area contributed by atoms with E-state index >= 15 is 0 Å². The maximum atomic E-state index is 13.7. The molecule has 0 unspecified atom stereocenters. The number of imidazole rings is 1. The highest BCUT2D eigenvalue weighted by Gasteiger charge is 2.37. The summed E-state index contributed by atoms with van der Waals surface area (Å²) in [5, 5.41) is 4.14. The van der Waals surface area contributed by atoms with Crippen LogP contribution in [0.2, 0.25) is 0 Å². The topological polar surface area (TPSA) is 70.7 Å². The zero-order chi connectivity index (χ0) is 22.1. The fourth-order valence-electron chi connectivity index (χ4n) is 4.02. The van der Waals surface area contributed by atoms with Crippen LogP contribution in [0.1, 0.15) is 36.3 Å². The Labute approximate surface area is 190 Å². The summed E-state index contributed by atoms with van der Waals surface area (Å²) in [5.41, 5.74) is 3.02. The van der Waals surface area contributed by atoms with E-state index in [2.05, 4.69) is 21.4 Å². The van der Waals surface area contributed by atoms with Gasteiger partial charge in [0.15, 0.2) is 0 Å². The monoisotopic (exact) mass is 440 g/mol. The molecule has 6 heteroatoms. The number of nitrogens with one attached hydrogen (secondary N) is 2. The number of benzene rings is 3. The van der Waals surface area contributed by atoms with Crippen LogP contribution in [-0.2, 0) is 16.6 Å². The maximum Gasteiger partial charge on any atom is 0.231 e. The maximum absolute atomic E-state index is 13.7. The Hall–Kier alpha value is -3.51. The lowest BCUT2D eigenvalue weighted by atomic mass is 9.78. The van der Waals surface area contributed by atoms with Crippen LogP contribution in [0.25, 0.3) is 21.3 Å². The quantitative estimate of drug-likeness (QED) is 0.364. The fourth-order valence-corrected chi connectivity index (χ4v) is 5.14. The van der Waals surface area contributed by atoms with Gasteiger partial charge in [0, 0.05) is 6.42 Å². The smallest absolute Gasteiger partial charge is 0.231 e. The number of hydrogen-bond donors (Lipinski definition) is 2. The second-order valence-electron chi connectivity index (χ2n) is 8.28. The van der Waals surface area contributed by atoms with Gasteiger partial charge in [-0.25, -0.2) is 9.97 Å². The van der Waals surface area contributed by atoms with E-state index in [1.54, 1.807) is 11.3 Å². The van der Waals surface area contributed by atoms with Gasteiger partial charge in [-0.1, -0.05) is 54.6 Å². The van der Waals surface area contributed by atoms with Gasteiger partial charge in [0.2, 0.25) is 5.91 Å². The van der Waals surface area contributed by atoms with E-state index < -0.39 is 5.41 Å². The number of aromatic amines is 1. The van der Waals surface area contributed by atoms with Gasteiger partial charge in [0.1, 0.15) is 5.82 Å². The number of hydrogen-bond acceptors (Lipinski definition) is 4. The number of carbonyl (C=O) groups excluding carboxylic acids is 1. The molecule has 2 heterocycles. The molecular formula is C26H24N4OS. The van der Waals surface area contributed by atoms with E-state index in [0.717, 1.165) is 37.6 Å². The van der Waals surface area contributed by atoms with E-state index in [1.807, 2.05) is 86.6 Å². The summed E-state index contributed by atoms with van der Waals surface area (Å²) in [4.78, 5) is 26.5. The molecule has 3 aromatic carbocycles. The molecule has 0 fully saturated rings. The molecule has 0 spiro atoms. The van der Waals surface area contributed by atoms with Crippen molar-refractivity contribution in [3.63, 3.8) is 0 Å². The number of H-pyrrole nitrogens is 1. The van der Waals surface area contributed by atoms with Crippen molar-refractivity contribution in [1.82, 2.24) is 20.3 Å². The predicted molar refractivity (Wildman–Crippen MR) is 130 cm³/mol. The molecule has 0 saturated heterocycles. The molecule has 2 atom stereocenters. The minimum absolute atomic E-state index is 0.0455. The van der Waals surface area contributed by atoms with E-state index in [1.165, 1.54) is 0 Å². The zero-order valence-electron chi connectivity index (χ0n) is 18.0. The first-order valence-electron chi connectivity index (χ1n) is 10.7. The number of carbonyl (C=O) groups is 1. The number of fused-ring (bicyclic) bond motifs is 2. The van der Waals surface area contributed by atoms with Crippen molar-refractivity contribution in [2.75, 3.05) is 0 Å². The molecule has 32 heavy (non-hydrogen) atoms. The molecule has 0 radical (unpaired) electrons. The zero-order valence-corrected chi connectivity index (χ0v) is 18.8. The standard InChI is InChI=1S/C26H24N4OS/c1-17(24-29-19-12-6-7-13-20(19)30-24)27-25(31)26(2,18-10-4-3-5-11-18)16-23-28-21-14-8-9-15-22(21)32-23/h3-15,17H,16H2,1-2H3,(H,27,31)(H,29,30)/t17-,26-/m0/s1. The Balaban J connectivity index is 1.46. The number of nitrogens with zero attached hydrogens (tertiary/aromatic N) is 2. The molecule has 0 aliphatic heterocycles. The lowest BCUT2D eigenvalue weighted by Gasteiger charge is -2.29. The van der Waals surface area contributed by atoms with Gasteiger partial charge in [0.25, 0.3) is 0 Å². The third kappa shape index (κ3) is 3.78. The van der Waals surface area contributed by atoms with Crippen molar-refractivity contribution in [3.8, 4) is 0 Å². The van der Waals surface area contributed by atoms with Crippen molar-refractivity contribution in [1.29, 1.82) is 0 Å². The Bertz CT molecular complexity index is 1320. The summed E-state index contributed by atoms with van der Waals surface area (Å²) in [5.74, 6) is 0.700. The van der Waals surface area contributed by atoms with Crippen LogP contribution in [0.5, 0.6) is 0 Å². The first-order chi connectivity index (χ1) is 15.5. The Morgan fingerprint density at radius 2 is 1.66 bits per heavy atom. The second kappa shape index (κ2) is 8.20. The van der Waals surface area contributed by atoms with Crippen LogP contribution >= 0.6 is 11.3 Å². The lowest BCUT2D eigenvalue weighted by Crippen LogP contribution is -2.45. The number of rotatable bonds is 6. The van der Waals surface area contributed by atoms with Crippen LogP contribution in [0.15, 0.2) is 78.9 Å². The minimum atomic E-state index is -0.768. The second-order valence-corrected chi connectivity index (χ2v) is 9.40. The van der Waals surface area contributed by atoms with Gasteiger partial charge in [-0.2, -0.15) is 0 Å². The molecule has 5 rings (SSSR count). The molecule has 5 nitrogen and oxygen atoms in total. The largest absolute Gasteiger partial charge is 0.346 e. The molecule has 0 aliphatic carbocycles. The molecule has 2 N–H and O–H groups in total. The van der Waals surface area contributed by atoms with Crippen LogP contribution in [0.3, 0.4) is 0 Å². The van der Waals surface area contributed by atoms with Crippen LogP contribution in [0.4, 0.5) is 0 Å². The Morgan fingerprint density at radius 3 is 2.41 bits per heavy atom. The third-order valence-corrected chi connectivity index (χ3v) is 6.96. The molecule has 0 aliphatic rings. The number of amides is 1. The van der Waals surface area contributed by atoms with E-state index in [0.29, 0.717) is 6.42 Å². The molecule has 2 aromatic heterocycles. The summed E-state index contributed by atoms with van der Waals surface area (Å²) >= 11 is 1.64. The molecule has 0 saturated carbocycles. The Kier molecular flexibility index (Phi) is 5.23. The van der Waals surface area contributed by atoms with Crippen molar-refractivity contribution in [2.24, 2.45) is 0 Å². The van der Waals surface area contributed by atoms with Gasteiger partial charge in [-0.05, 0) is 43.7 Å². The highest BCUT2D eigenvalue weighted by Crippen LogP contribution is 2.33. The van der Waals surface area contributed by atoms with Crippen molar-refractivity contribution < 1.29 is 4.79 Å². The van der Waals surface area contributed by atoms with Gasteiger partial charge in [-0.3, -0.25) is 4.79 Å². The van der Waals surface area contributed by atoms with Gasteiger partial charge >= 0.3 is 0 Å². The normalized spacial score (nSPS) is 14.3. The summed E-state index contributed by atoms with van der Waals surface area (Å²) in [6, 6.07) is 25.7. The average Bonchev–Trinajstić information content (AvgIpc) is 3.43. The van der Waals surface area contributed by atoms with Gasteiger partial charge < -0.3 is 10.3 Å². The molecular weight excluding hydrogens is 416 g/mol. The molecule has 0 bridgehead atoms. The summed E-state index contributed by atoms with van der Waals surface area (Å²) in [6.45, 7) is 3.95. The van der Waals surface area contributed by atoms with Crippen LogP contribution < -0.4 is 5.32 Å². The minimum Gasteiger partial charge on any atom is -0.346 e. The Morgan fingerprint density at radius 1 is 0.969 bits per heavy atom.